The standard InChI is InChI=1S/C14H10IN3O2S/c15-9-3-5-10(6-4-9)17-12(19)8-21-14-18-13-11(20-14)2-1-7-16-13/h1-7H,8H2,(H,17,19). The molecule has 0 aliphatic heterocycles. The first kappa shape index (κ1) is 14.3. The van der Waals surface area contributed by atoms with E-state index in [1.165, 1.54) is 11.8 Å². The average Bonchev–Trinajstić information content (AvgIpc) is 2.90. The predicted octanol–water partition coefficient (Wildman–Crippen LogP) is 3.56. The summed E-state index contributed by atoms with van der Waals surface area (Å²) in [6.07, 6.45) is 1.66. The summed E-state index contributed by atoms with van der Waals surface area (Å²) in [6, 6.07) is 11.2. The SMILES string of the molecule is O=C(CSc1nc2ncccc2o1)Nc1ccc(I)cc1. The molecule has 0 saturated heterocycles. The van der Waals surface area contributed by atoms with Crippen LogP contribution in [0.25, 0.3) is 11.2 Å². The summed E-state index contributed by atoms with van der Waals surface area (Å²) in [7, 11) is 0. The van der Waals surface area contributed by atoms with Crippen LogP contribution in [0.4, 0.5) is 5.69 Å². The number of rotatable bonds is 4. The Morgan fingerprint density at radius 3 is 2.86 bits per heavy atom. The minimum atomic E-state index is -0.101. The first-order chi connectivity index (χ1) is 10.2. The number of nitrogens with zero attached hydrogens (tertiary/aromatic N) is 2. The van der Waals surface area contributed by atoms with E-state index in [2.05, 4.69) is 37.9 Å². The molecule has 1 aromatic carbocycles. The van der Waals surface area contributed by atoms with Gasteiger partial charge in [-0.05, 0) is 59.0 Å². The van der Waals surface area contributed by atoms with Gasteiger partial charge in [-0.1, -0.05) is 11.8 Å². The number of hydrogen-bond acceptors (Lipinski definition) is 5. The largest absolute Gasteiger partial charge is 0.430 e. The zero-order valence-electron chi connectivity index (χ0n) is 10.7. The third-order valence-electron chi connectivity index (χ3n) is 2.60. The lowest BCUT2D eigenvalue weighted by Gasteiger charge is -2.03. The van der Waals surface area contributed by atoms with Crippen molar-refractivity contribution >= 4 is 57.2 Å². The van der Waals surface area contributed by atoms with E-state index in [4.69, 9.17) is 4.42 Å². The molecule has 2 heterocycles. The molecule has 0 saturated carbocycles. The minimum Gasteiger partial charge on any atom is -0.430 e. The Balaban J connectivity index is 1.59. The van der Waals surface area contributed by atoms with Crippen LogP contribution in [-0.2, 0) is 4.79 Å². The summed E-state index contributed by atoms with van der Waals surface area (Å²) in [5.74, 6) is 0.134. The molecule has 0 aliphatic carbocycles. The van der Waals surface area contributed by atoms with Gasteiger partial charge in [0.15, 0.2) is 11.2 Å². The van der Waals surface area contributed by atoms with Crippen LogP contribution >= 0.6 is 34.4 Å². The number of amides is 1. The predicted molar refractivity (Wildman–Crippen MR) is 90.3 cm³/mol. The Hall–Kier alpha value is -1.61. The van der Waals surface area contributed by atoms with E-state index in [0.717, 1.165) is 9.26 Å². The van der Waals surface area contributed by atoms with Crippen molar-refractivity contribution in [1.82, 2.24) is 9.97 Å². The maximum Gasteiger partial charge on any atom is 0.258 e. The van der Waals surface area contributed by atoms with Gasteiger partial charge >= 0.3 is 0 Å². The maximum absolute atomic E-state index is 11.9. The molecule has 0 bridgehead atoms. The van der Waals surface area contributed by atoms with Crippen LogP contribution in [0.3, 0.4) is 0 Å². The molecular formula is C14H10IN3O2S. The molecule has 0 aliphatic rings. The van der Waals surface area contributed by atoms with Crippen LogP contribution in [0, 0.1) is 3.57 Å². The number of thioether (sulfide) groups is 1. The van der Waals surface area contributed by atoms with Gasteiger partial charge < -0.3 is 9.73 Å². The van der Waals surface area contributed by atoms with Crippen molar-refractivity contribution in [2.45, 2.75) is 5.22 Å². The van der Waals surface area contributed by atoms with E-state index in [1.54, 1.807) is 18.3 Å². The summed E-state index contributed by atoms with van der Waals surface area (Å²) in [6.45, 7) is 0. The van der Waals surface area contributed by atoms with Crippen molar-refractivity contribution in [3.8, 4) is 0 Å². The second kappa shape index (κ2) is 6.44. The van der Waals surface area contributed by atoms with Crippen molar-refractivity contribution in [3.05, 3.63) is 46.2 Å². The number of carbonyl (C=O) groups excluding carboxylic acids is 1. The molecular weight excluding hydrogens is 401 g/mol. The molecule has 3 rings (SSSR count). The first-order valence-corrected chi connectivity index (χ1v) is 8.17. The van der Waals surface area contributed by atoms with Gasteiger partial charge in [0.2, 0.25) is 5.91 Å². The summed E-state index contributed by atoms with van der Waals surface area (Å²) in [5.41, 5.74) is 1.95. The van der Waals surface area contributed by atoms with Crippen molar-refractivity contribution in [2.75, 3.05) is 11.1 Å². The molecule has 5 nitrogen and oxygen atoms in total. The van der Waals surface area contributed by atoms with Crippen LogP contribution in [0.2, 0.25) is 0 Å². The lowest BCUT2D eigenvalue weighted by molar-refractivity contribution is -0.113. The maximum atomic E-state index is 11.9. The normalized spacial score (nSPS) is 10.7. The second-order valence-electron chi connectivity index (χ2n) is 4.15. The molecule has 2 aromatic heterocycles. The van der Waals surface area contributed by atoms with Gasteiger partial charge in [-0.3, -0.25) is 4.79 Å². The summed E-state index contributed by atoms with van der Waals surface area (Å²) in [5, 5.41) is 3.27. The highest BCUT2D eigenvalue weighted by Gasteiger charge is 2.09. The van der Waals surface area contributed by atoms with Gasteiger partial charge in [0, 0.05) is 15.5 Å². The van der Waals surface area contributed by atoms with Gasteiger partial charge in [0.05, 0.1) is 5.75 Å². The molecule has 0 unspecified atom stereocenters. The highest BCUT2D eigenvalue weighted by Crippen LogP contribution is 2.22. The monoisotopic (exact) mass is 411 g/mol. The third kappa shape index (κ3) is 3.73. The Kier molecular flexibility index (Phi) is 4.39. The molecule has 0 spiro atoms. The first-order valence-electron chi connectivity index (χ1n) is 6.10. The number of hydrogen-bond donors (Lipinski definition) is 1. The highest BCUT2D eigenvalue weighted by molar-refractivity contribution is 14.1. The molecule has 106 valence electrons. The van der Waals surface area contributed by atoms with E-state index in [0.29, 0.717) is 16.5 Å². The Labute approximate surface area is 138 Å². The highest BCUT2D eigenvalue weighted by atomic mass is 127. The lowest BCUT2D eigenvalue weighted by Crippen LogP contribution is -2.13. The van der Waals surface area contributed by atoms with E-state index in [1.807, 2.05) is 24.3 Å². The van der Waals surface area contributed by atoms with Crippen LogP contribution in [0.15, 0.2) is 52.2 Å². The minimum absolute atomic E-state index is 0.101. The number of fused-ring (bicyclic) bond motifs is 1. The fourth-order valence-electron chi connectivity index (χ4n) is 1.67. The Morgan fingerprint density at radius 1 is 1.29 bits per heavy atom. The summed E-state index contributed by atoms with van der Waals surface area (Å²) < 4.78 is 6.62. The number of pyridine rings is 1. The van der Waals surface area contributed by atoms with Crippen LogP contribution in [0.1, 0.15) is 0 Å². The summed E-state index contributed by atoms with van der Waals surface area (Å²) >= 11 is 3.46. The third-order valence-corrected chi connectivity index (χ3v) is 4.15. The van der Waals surface area contributed by atoms with Crippen molar-refractivity contribution in [1.29, 1.82) is 0 Å². The van der Waals surface area contributed by atoms with E-state index >= 15 is 0 Å². The van der Waals surface area contributed by atoms with Gasteiger partial charge in [0.25, 0.3) is 5.22 Å². The van der Waals surface area contributed by atoms with E-state index in [9.17, 15) is 4.79 Å². The average molecular weight is 411 g/mol. The number of nitrogens with one attached hydrogen (secondary N) is 1. The second-order valence-corrected chi connectivity index (χ2v) is 6.32. The lowest BCUT2D eigenvalue weighted by atomic mass is 10.3. The smallest absolute Gasteiger partial charge is 0.258 e. The van der Waals surface area contributed by atoms with Crippen LogP contribution < -0.4 is 5.32 Å². The zero-order valence-corrected chi connectivity index (χ0v) is 13.7. The number of oxazole rings is 1. The van der Waals surface area contributed by atoms with E-state index < -0.39 is 0 Å². The number of halogens is 1. The zero-order chi connectivity index (χ0) is 14.7. The molecule has 1 N–H and O–H groups in total. The molecule has 0 radical (unpaired) electrons. The summed E-state index contributed by atoms with van der Waals surface area (Å²) in [4.78, 5) is 20.2. The molecule has 3 aromatic rings. The Morgan fingerprint density at radius 2 is 2.10 bits per heavy atom. The fraction of sp³-hybridized carbons (Fsp3) is 0.0714. The van der Waals surface area contributed by atoms with Crippen molar-refractivity contribution < 1.29 is 9.21 Å². The van der Waals surface area contributed by atoms with Gasteiger partial charge in [-0.2, -0.15) is 4.98 Å². The van der Waals surface area contributed by atoms with Gasteiger partial charge in [-0.15, -0.1) is 0 Å². The van der Waals surface area contributed by atoms with Crippen molar-refractivity contribution in [3.63, 3.8) is 0 Å². The van der Waals surface area contributed by atoms with Crippen LogP contribution in [-0.4, -0.2) is 21.6 Å². The van der Waals surface area contributed by atoms with Gasteiger partial charge in [0.1, 0.15) is 0 Å². The number of benzene rings is 1. The number of anilines is 1. The molecule has 7 heteroatoms. The van der Waals surface area contributed by atoms with Crippen LogP contribution in [0.5, 0.6) is 0 Å². The van der Waals surface area contributed by atoms with Gasteiger partial charge in [-0.25, -0.2) is 4.98 Å². The molecule has 1 amide bonds. The number of aromatic nitrogens is 2. The quantitative estimate of drug-likeness (QED) is 0.526. The van der Waals surface area contributed by atoms with E-state index in [-0.39, 0.29) is 11.7 Å². The number of carbonyl (C=O) groups is 1. The van der Waals surface area contributed by atoms with Crippen molar-refractivity contribution in [2.24, 2.45) is 0 Å². The topological polar surface area (TPSA) is 68.0 Å². The Bertz CT molecular complexity index is 740. The fourth-order valence-corrected chi connectivity index (χ4v) is 2.65. The molecule has 0 atom stereocenters. The molecule has 0 fully saturated rings. The molecule has 21 heavy (non-hydrogen) atoms.